The minimum Gasteiger partial charge on any atom is -0.507 e. The van der Waals surface area contributed by atoms with Crippen molar-refractivity contribution in [2.75, 3.05) is 0 Å². The highest BCUT2D eigenvalue weighted by molar-refractivity contribution is 5.96. The number of hydrogen-bond donors (Lipinski definition) is 1. The molecule has 0 aliphatic carbocycles. The molecule has 0 aliphatic rings. The number of carbonyl (C=O) groups excluding carboxylic acids is 1. The van der Waals surface area contributed by atoms with Gasteiger partial charge in [-0.25, -0.2) is 8.78 Å². The van der Waals surface area contributed by atoms with Crippen LogP contribution in [-0.4, -0.2) is 10.9 Å². The highest BCUT2D eigenvalue weighted by Gasteiger charge is 2.17. The maximum atomic E-state index is 12.3. The van der Waals surface area contributed by atoms with Gasteiger partial charge in [0.05, 0.1) is 5.56 Å². The monoisotopic (exact) mass is 200 g/mol. The summed E-state index contributed by atoms with van der Waals surface area (Å²) in [5.41, 5.74) is 0.0368. The van der Waals surface area contributed by atoms with E-state index in [-0.39, 0.29) is 16.9 Å². The van der Waals surface area contributed by atoms with E-state index in [9.17, 15) is 18.7 Å². The van der Waals surface area contributed by atoms with Gasteiger partial charge in [-0.1, -0.05) is 6.07 Å². The summed E-state index contributed by atoms with van der Waals surface area (Å²) in [4.78, 5) is 11.0. The lowest BCUT2D eigenvalue weighted by Crippen LogP contribution is -1.98. The summed E-state index contributed by atoms with van der Waals surface area (Å²) >= 11 is 0. The summed E-state index contributed by atoms with van der Waals surface area (Å²) in [6.07, 6.45) is -2.73. The van der Waals surface area contributed by atoms with Crippen molar-refractivity contribution < 1.29 is 18.7 Å². The van der Waals surface area contributed by atoms with E-state index in [2.05, 4.69) is 0 Å². The molecule has 1 aromatic rings. The van der Waals surface area contributed by atoms with Crippen molar-refractivity contribution in [3.8, 4) is 5.75 Å². The fourth-order valence-corrected chi connectivity index (χ4v) is 1.28. The van der Waals surface area contributed by atoms with E-state index in [0.29, 0.717) is 0 Å². The Balaban J connectivity index is 3.33. The van der Waals surface area contributed by atoms with Crippen molar-refractivity contribution in [2.45, 2.75) is 20.3 Å². The number of phenols is 1. The first-order valence-electron chi connectivity index (χ1n) is 4.06. The van der Waals surface area contributed by atoms with Gasteiger partial charge in [-0.15, -0.1) is 0 Å². The number of ketones is 1. The second kappa shape index (κ2) is 3.74. The van der Waals surface area contributed by atoms with Crippen LogP contribution in [0.4, 0.5) is 8.78 Å². The minimum absolute atomic E-state index is 0.204. The van der Waals surface area contributed by atoms with E-state index in [4.69, 9.17) is 0 Å². The number of phenolic OH excluding ortho intramolecular Hbond substituents is 1. The Hall–Kier alpha value is -1.45. The normalized spacial score (nSPS) is 10.6. The molecule has 0 saturated carbocycles. The van der Waals surface area contributed by atoms with Crippen molar-refractivity contribution in [3.63, 3.8) is 0 Å². The summed E-state index contributed by atoms with van der Waals surface area (Å²) in [5.74, 6) is -0.744. The summed E-state index contributed by atoms with van der Waals surface area (Å²) in [5, 5.41) is 9.37. The molecule has 0 unspecified atom stereocenters. The Labute approximate surface area is 80.2 Å². The molecule has 0 radical (unpaired) electrons. The third-order valence-corrected chi connectivity index (χ3v) is 2.08. The van der Waals surface area contributed by atoms with E-state index in [0.717, 1.165) is 6.07 Å². The van der Waals surface area contributed by atoms with E-state index in [1.54, 1.807) is 0 Å². The van der Waals surface area contributed by atoms with Crippen molar-refractivity contribution in [2.24, 2.45) is 0 Å². The summed E-state index contributed by atoms with van der Waals surface area (Å²) < 4.78 is 24.6. The standard InChI is InChI=1S/C10H10F2O2/c1-5-7(6(2)13)3-4-8(9(5)14)10(11)12/h3-4,10,14H,1-2H3. The molecule has 0 atom stereocenters. The van der Waals surface area contributed by atoms with Crippen molar-refractivity contribution in [3.05, 3.63) is 28.8 Å². The second-order valence-corrected chi connectivity index (χ2v) is 3.03. The Bertz CT molecular complexity index is 373. The summed E-state index contributed by atoms with van der Waals surface area (Å²) in [6.45, 7) is 2.77. The number of rotatable bonds is 2. The molecular weight excluding hydrogens is 190 g/mol. The Kier molecular flexibility index (Phi) is 2.84. The van der Waals surface area contributed by atoms with Gasteiger partial charge in [0.15, 0.2) is 5.78 Å². The zero-order chi connectivity index (χ0) is 10.9. The number of hydrogen-bond acceptors (Lipinski definition) is 2. The van der Waals surface area contributed by atoms with Crippen LogP contribution >= 0.6 is 0 Å². The molecule has 0 saturated heterocycles. The number of carbonyl (C=O) groups is 1. The molecular formula is C10H10F2O2. The molecule has 14 heavy (non-hydrogen) atoms. The lowest BCUT2D eigenvalue weighted by molar-refractivity contribution is 0.101. The molecule has 4 heteroatoms. The van der Waals surface area contributed by atoms with Gasteiger partial charge in [0.1, 0.15) is 5.75 Å². The average Bonchev–Trinajstić information content (AvgIpc) is 2.08. The molecule has 0 heterocycles. The lowest BCUT2D eigenvalue weighted by atomic mass is 10.0. The first-order valence-corrected chi connectivity index (χ1v) is 4.06. The van der Waals surface area contributed by atoms with Gasteiger partial charge < -0.3 is 5.11 Å². The quantitative estimate of drug-likeness (QED) is 0.745. The number of aromatic hydroxyl groups is 1. The zero-order valence-corrected chi connectivity index (χ0v) is 7.84. The number of alkyl halides is 2. The lowest BCUT2D eigenvalue weighted by Gasteiger charge is -2.09. The highest BCUT2D eigenvalue weighted by Crippen LogP contribution is 2.32. The van der Waals surface area contributed by atoms with Gasteiger partial charge in [0.2, 0.25) is 0 Å². The van der Waals surface area contributed by atoms with E-state index in [1.165, 1.54) is 19.9 Å². The first-order chi connectivity index (χ1) is 6.45. The van der Waals surface area contributed by atoms with E-state index >= 15 is 0 Å². The molecule has 0 bridgehead atoms. The van der Waals surface area contributed by atoms with Crippen LogP contribution in [0.5, 0.6) is 5.75 Å². The third kappa shape index (κ3) is 1.73. The predicted octanol–water partition coefficient (Wildman–Crippen LogP) is 2.84. The SMILES string of the molecule is CC(=O)c1ccc(C(F)F)c(O)c1C. The average molecular weight is 200 g/mol. The molecule has 1 N–H and O–H groups in total. The van der Waals surface area contributed by atoms with Crippen LogP contribution < -0.4 is 0 Å². The molecule has 0 fully saturated rings. The molecule has 76 valence electrons. The van der Waals surface area contributed by atoms with Crippen LogP contribution in [0.3, 0.4) is 0 Å². The fourth-order valence-electron chi connectivity index (χ4n) is 1.28. The van der Waals surface area contributed by atoms with Crippen molar-refractivity contribution in [1.29, 1.82) is 0 Å². The predicted molar refractivity (Wildman–Crippen MR) is 47.8 cm³/mol. The van der Waals surface area contributed by atoms with Gasteiger partial charge in [-0.2, -0.15) is 0 Å². The molecule has 0 aliphatic heterocycles. The van der Waals surface area contributed by atoms with Crippen LogP contribution in [0.2, 0.25) is 0 Å². The smallest absolute Gasteiger partial charge is 0.267 e. The van der Waals surface area contributed by atoms with Gasteiger partial charge in [-0.3, -0.25) is 4.79 Å². The van der Waals surface area contributed by atoms with Crippen LogP contribution in [0.25, 0.3) is 0 Å². The molecule has 0 amide bonds. The highest BCUT2D eigenvalue weighted by atomic mass is 19.3. The number of benzene rings is 1. The topological polar surface area (TPSA) is 37.3 Å². The molecule has 0 spiro atoms. The molecule has 1 aromatic carbocycles. The Morgan fingerprint density at radius 3 is 2.43 bits per heavy atom. The van der Waals surface area contributed by atoms with Crippen molar-refractivity contribution in [1.82, 2.24) is 0 Å². The van der Waals surface area contributed by atoms with Crippen LogP contribution in [0.15, 0.2) is 12.1 Å². The zero-order valence-electron chi connectivity index (χ0n) is 7.84. The maximum absolute atomic E-state index is 12.3. The van der Waals surface area contributed by atoms with Gasteiger partial charge in [-0.05, 0) is 19.9 Å². The number of halogens is 2. The van der Waals surface area contributed by atoms with Gasteiger partial charge >= 0.3 is 0 Å². The maximum Gasteiger partial charge on any atom is 0.267 e. The minimum atomic E-state index is -2.73. The third-order valence-electron chi connectivity index (χ3n) is 2.08. The Morgan fingerprint density at radius 2 is 2.00 bits per heavy atom. The fraction of sp³-hybridized carbons (Fsp3) is 0.300. The van der Waals surface area contributed by atoms with E-state index in [1.807, 2.05) is 0 Å². The summed E-state index contributed by atoms with van der Waals surface area (Å²) in [7, 11) is 0. The van der Waals surface area contributed by atoms with E-state index < -0.39 is 17.7 Å². The first kappa shape index (κ1) is 10.6. The molecule has 1 rings (SSSR count). The molecule has 2 nitrogen and oxygen atoms in total. The largest absolute Gasteiger partial charge is 0.507 e. The second-order valence-electron chi connectivity index (χ2n) is 3.03. The van der Waals surface area contributed by atoms with Crippen molar-refractivity contribution >= 4 is 5.78 Å². The van der Waals surface area contributed by atoms with Crippen LogP contribution in [-0.2, 0) is 0 Å². The van der Waals surface area contributed by atoms with Crippen LogP contribution in [0, 0.1) is 6.92 Å². The van der Waals surface area contributed by atoms with Gasteiger partial charge in [0, 0.05) is 11.1 Å². The molecule has 0 aromatic heterocycles. The van der Waals surface area contributed by atoms with Crippen LogP contribution in [0.1, 0.15) is 34.8 Å². The number of Topliss-reactive ketones (excluding diaryl/α,β-unsaturated/α-hetero) is 1. The Morgan fingerprint density at radius 1 is 1.43 bits per heavy atom. The van der Waals surface area contributed by atoms with Gasteiger partial charge in [0.25, 0.3) is 6.43 Å². The summed E-state index contributed by atoms with van der Waals surface area (Å²) in [6, 6.07) is 2.38.